The molecule has 0 aliphatic carbocycles. The molecule has 0 atom stereocenters. The summed E-state index contributed by atoms with van der Waals surface area (Å²) in [5, 5.41) is 18.9. The first-order chi connectivity index (χ1) is 19.9. The summed E-state index contributed by atoms with van der Waals surface area (Å²) in [5.74, 6) is 0.0914. The molecule has 0 aliphatic rings. The lowest BCUT2D eigenvalue weighted by atomic mass is 10.1. The van der Waals surface area contributed by atoms with Crippen LogP contribution in [0, 0.1) is 10.1 Å². The highest BCUT2D eigenvalue weighted by atomic mass is 16.6. The zero-order valence-electron chi connectivity index (χ0n) is 23.1. The van der Waals surface area contributed by atoms with E-state index in [4.69, 9.17) is 18.9 Å². The van der Waals surface area contributed by atoms with E-state index in [1.165, 1.54) is 30.3 Å². The summed E-state index contributed by atoms with van der Waals surface area (Å²) in [4.78, 5) is 34.6. The number of benzene rings is 3. The summed E-state index contributed by atoms with van der Waals surface area (Å²) < 4.78 is 21.7. The van der Waals surface area contributed by atoms with Gasteiger partial charge in [0.15, 0.2) is 0 Å². The van der Waals surface area contributed by atoms with Crippen LogP contribution in [0.4, 0.5) is 17.1 Å². The fourth-order valence-electron chi connectivity index (χ4n) is 3.65. The number of hydrogen-bond acceptors (Lipinski definition) is 10. The van der Waals surface area contributed by atoms with Gasteiger partial charge < -0.3 is 18.9 Å². The summed E-state index contributed by atoms with van der Waals surface area (Å²) >= 11 is 0. The van der Waals surface area contributed by atoms with Crippen LogP contribution in [0.3, 0.4) is 0 Å². The Morgan fingerprint density at radius 3 is 1.61 bits per heavy atom. The lowest BCUT2D eigenvalue weighted by Gasteiger charge is -2.11. The van der Waals surface area contributed by atoms with Crippen molar-refractivity contribution in [3.63, 3.8) is 0 Å². The van der Waals surface area contributed by atoms with Gasteiger partial charge in [-0.25, -0.2) is 9.59 Å². The van der Waals surface area contributed by atoms with E-state index in [1.807, 2.05) is 12.1 Å². The second-order valence-corrected chi connectivity index (χ2v) is 8.77. The predicted molar refractivity (Wildman–Crippen MR) is 152 cm³/mol. The summed E-state index contributed by atoms with van der Waals surface area (Å²) in [6.07, 6.45) is 3.54. The molecule has 0 aromatic heterocycles. The van der Waals surface area contributed by atoms with E-state index in [0.29, 0.717) is 30.3 Å². The van der Waals surface area contributed by atoms with Crippen molar-refractivity contribution in [2.75, 3.05) is 26.4 Å². The summed E-state index contributed by atoms with van der Waals surface area (Å²) in [7, 11) is 0. The first kappa shape index (κ1) is 30.7. The molecule has 0 bridgehead atoms. The smallest absolute Gasteiger partial charge is 0.338 e. The molecule has 11 nitrogen and oxygen atoms in total. The van der Waals surface area contributed by atoms with Gasteiger partial charge in [0.2, 0.25) is 0 Å². The highest BCUT2D eigenvalue weighted by Crippen LogP contribution is 2.23. The number of azo groups is 1. The second-order valence-electron chi connectivity index (χ2n) is 8.77. The third-order valence-electron chi connectivity index (χ3n) is 5.68. The predicted octanol–water partition coefficient (Wildman–Crippen LogP) is 7.38. The van der Waals surface area contributed by atoms with Crippen LogP contribution in [0.25, 0.3) is 0 Å². The van der Waals surface area contributed by atoms with E-state index in [9.17, 15) is 19.7 Å². The molecule has 41 heavy (non-hydrogen) atoms. The number of carbonyl (C=O) groups is 2. The summed E-state index contributed by atoms with van der Waals surface area (Å²) in [5.41, 5.74) is 1.64. The Kier molecular flexibility index (Phi) is 12.2. The highest BCUT2D eigenvalue weighted by Gasteiger charge is 2.15. The highest BCUT2D eigenvalue weighted by molar-refractivity contribution is 5.96. The van der Waals surface area contributed by atoms with Crippen LogP contribution >= 0.6 is 0 Å². The largest absolute Gasteiger partial charge is 0.494 e. The van der Waals surface area contributed by atoms with Crippen LogP contribution in [0.5, 0.6) is 11.5 Å². The minimum Gasteiger partial charge on any atom is -0.494 e. The maximum atomic E-state index is 12.2. The lowest BCUT2D eigenvalue weighted by Crippen LogP contribution is -2.10. The molecule has 216 valence electrons. The molecular weight excluding hydrogens is 530 g/mol. The first-order valence-electron chi connectivity index (χ1n) is 13.4. The average Bonchev–Trinajstić information content (AvgIpc) is 2.98. The van der Waals surface area contributed by atoms with Crippen LogP contribution in [-0.2, 0) is 9.47 Å². The molecule has 0 heterocycles. The third-order valence-corrected chi connectivity index (χ3v) is 5.68. The van der Waals surface area contributed by atoms with Gasteiger partial charge in [-0.15, -0.1) is 0 Å². The number of carbonyl (C=O) groups excluding carboxylic acids is 2. The number of esters is 2. The molecule has 0 spiro atoms. The van der Waals surface area contributed by atoms with Gasteiger partial charge in [0, 0.05) is 12.1 Å². The number of nitrogens with zero attached hydrogens (tertiary/aromatic N) is 3. The van der Waals surface area contributed by atoms with Crippen LogP contribution < -0.4 is 9.47 Å². The van der Waals surface area contributed by atoms with Gasteiger partial charge in [-0.3, -0.25) is 10.1 Å². The standard InChI is InChI=1S/C30H33N3O8/c1-3-38-29(34)22-19-23(30(35)39-4-2)21-28(20-22)41-18-8-6-5-7-17-40-27-15-11-25(12-16-27)32-31-24-9-13-26(14-10-24)33(36)37/h9-16,19-21H,3-8,17-18H2,1-2H3. The molecule has 0 amide bonds. The minimum atomic E-state index is -0.523. The van der Waals surface area contributed by atoms with E-state index < -0.39 is 16.9 Å². The Morgan fingerprint density at radius 1 is 0.683 bits per heavy atom. The van der Waals surface area contributed by atoms with Crippen LogP contribution in [0.1, 0.15) is 60.2 Å². The molecule has 0 saturated heterocycles. The molecule has 0 radical (unpaired) electrons. The monoisotopic (exact) mass is 563 g/mol. The minimum absolute atomic E-state index is 0.00260. The topological polar surface area (TPSA) is 139 Å². The molecule has 0 N–H and O–H groups in total. The number of non-ortho nitro benzene ring substituents is 1. The average molecular weight is 564 g/mol. The van der Waals surface area contributed by atoms with Crippen molar-refractivity contribution in [2.45, 2.75) is 39.5 Å². The Balaban J connectivity index is 1.36. The molecule has 11 heteroatoms. The van der Waals surface area contributed by atoms with Crippen molar-refractivity contribution >= 4 is 29.0 Å². The van der Waals surface area contributed by atoms with E-state index in [1.54, 1.807) is 38.1 Å². The van der Waals surface area contributed by atoms with Crippen LogP contribution in [0.15, 0.2) is 77.0 Å². The number of ether oxygens (including phenoxy) is 4. The van der Waals surface area contributed by atoms with E-state index >= 15 is 0 Å². The van der Waals surface area contributed by atoms with Gasteiger partial charge in [-0.2, -0.15) is 10.2 Å². The summed E-state index contributed by atoms with van der Waals surface area (Å²) in [6, 6.07) is 17.6. The third kappa shape index (κ3) is 10.4. The molecule has 0 aliphatic heterocycles. The molecule has 0 fully saturated rings. The molecule has 3 aromatic carbocycles. The Morgan fingerprint density at radius 2 is 1.15 bits per heavy atom. The maximum absolute atomic E-state index is 12.2. The van der Waals surface area contributed by atoms with Crippen molar-refractivity contribution in [1.82, 2.24) is 0 Å². The van der Waals surface area contributed by atoms with Gasteiger partial charge >= 0.3 is 11.9 Å². The number of unbranched alkanes of at least 4 members (excludes halogenated alkanes) is 3. The van der Waals surface area contributed by atoms with Gasteiger partial charge in [-0.05, 0) is 94.1 Å². The zero-order valence-corrected chi connectivity index (χ0v) is 23.1. The first-order valence-corrected chi connectivity index (χ1v) is 13.4. The normalized spacial score (nSPS) is 10.8. The number of hydrogen-bond donors (Lipinski definition) is 0. The van der Waals surface area contributed by atoms with Crippen molar-refractivity contribution in [1.29, 1.82) is 0 Å². The van der Waals surface area contributed by atoms with Crippen molar-refractivity contribution < 1.29 is 33.5 Å². The summed E-state index contributed by atoms with van der Waals surface area (Å²) in [6.45, 7) is 4.89. The van der Waals surface area contributed by atoms with Crippen LogP contribution in [0.2, 0.25) is 0 Å². The van der Waals surface area contributed by atoms with E-state index in [2.05, 4.69) is 10.2 Å². The van der Waals surface area contributed by atoms with Gasteiger partial charge in [0.1, 0.15) is 11.5 Å². The molecule has 0 saturated carbocycles. The maximum Gasteiger partial charge on any atom is 0.338 e. The van der Waals surface area contributed by atoms with Gasteiger partial charge in [0.25, 0.3) is 5.69 Å². The van der Waals surface area contributed by atoms with Gasteiger partial charge in [-0.1, -0.05) is 0 Å². The second kappa shape index (κ2) is 16.3. The number of nitro benzene ring substituents is 1. The molecular formula is C30H33N3O8. The quantitative estimate of drug-likeness (QED) is 0.0578. The number of rotatable bonds is 16. The van der Waals surface area contributed by atoms with Gasteiger partial charge in [0.05, 0.1) is 53.9 Å². The van der Waals surface area contributed by atoms with E-state index in [-0.39, 0.29) is 30.0 Å². The Hall–Kier alpha value is -4.80. The SMILES string of the molecule is CCOC(=O)c1cc(OCCCCCCOc2ccc(N=Nc3ccc([N+](=O)[O-])cc3)cc2)cc(C(=O)OCC)c1. The lowest BCUT2D eigenvalue weighted by molar-refractivity contribution is -0.384. The molecule has 3 rings (SSSR count). The Labute approximate surface area is 238 Å². The zero-order chi connectivity index (χ0) is 29.5. The van der Waals surface area contributed by atoms with E-state index in [0.717, 1.165) is 31.4 Å². The molecule has 3 aromatic rings. The fraction of sp³-hybridized carbons (Fsp3) is 0.333. The van der Waals surface area contributed by atoms with Crippen molar-refractivity contribution in [3.05, 3.63) is 88.0 Å². The fourth-order valence-corrected chi connectivity index (χ4v) is 3.65. The van der Waals surface area contributed by atoms with Crippen LogP contribution in [-0.4, -0.2) is 43.3 Å². The number of nitro groups is 1. The Bertz CT molecular complexity index is 1290. The van der Waals surface area contributed by atoms with Crippen molar-refractivity contribution in [3.8, 4) is 11.5 Å². The van der Waals surface area contributed by atoms with Crippen molar-refractivity contribution in [2.24, 2.45) is 10.2 Å². The molecule has 0 unspecified atom stereocenters.